The Hall–Kier alpha value is -9.80. The SMILES string of the molecule is Cc1c(-c2ccc(N3CCc4cccc(CNc5nc6ccccc6s5)c4C3)nc2C(=O)O)cnn1CC12CC3(C)CC(C)(C1)CC(OCCN(CCC(=O)O)C1CCN(C(=O)OCc4ccc(NC(=O)[C@H](CCCNC(N)=O)NC(=O)[C@@H](NC(=O)CCCCCN5C(=O)C=CC5=O)C(C)C)cc4)CC1)(C3)C2. The summed E-state index contributed by atoms with van der Waals surface area (Å²) in [7, 11) is 0. The number of benzene rings is 3. The van der Waals surface area contributed by atoms with Crippen molar-refractivity contribution >= 4 is 91.8 Å². The van der Waals surface area contributed by atoms with Crippen molar-refractivity contribution in [1.82, 2.24) is 50.4 Å². The quantitative estimate of drug-likeness (QED) is 0.0137. The summed E-state index contributed by atoms with van der Waals surface area (Å²) in [6.07, 6.45) is 13.6. The van der Waals surface area contributed by atoms with Gasteiger partial charge in [0.1, 0.15) is 24.5 Å². The van der Waals surface area contributed by atoms with Crippen LogP contribution < -0.4 is 37.2 Å². The third-order valence-electron chi connectivity index (χ3n) is 22.3. The number of para-hydroxylation sites is 1. The van der Waals surface area contributed by atoms with Crippen LogP contribution in [0.1, 0.15) is 162 Å². The topological polar surface area (TPSA) is 355 Å². The number of unbranched alkanes of at least 4 members (excludes halogenated alkanes) is 2. The Morgan fingerprint density at radius 3 is 2.24 bits per heavy atom. The van der Waals surface area contributed by atoms with Crippen LogP contribution in [0.2, 0.25) is 0 Å². The maximum absolute atomic E-state index is 13.8. The molecule has 570 valence electrons. The van der Waals surface area contributed by atoms with Crippen molar-refractivity contribution in [3.8, 4) is 11.1 Å². The fourth-order valence-corrected chi connectivity index (χ4v) is 19.2. The fourth-order valence-electron chi connectivity index (χ4n) is 18.3. The number of piperidine rings is 1. The molecule has 0 radical (unpaired) electrons. The van der Waals surface area contributed by atoms with E-state index in [0.717, 1.165) is 82.0 Å². The molecule has 4 bridgehead atoms. The number of carboxylic acids is 2. The number of urea groups is 1. The Morgan fingerprint density at radius 2 is 1.53 bits per heavy atom. The van der Waals surface area contributed by atoms with Crippen LogP contribution in [0.15, 0.2) is 97.2 Å². The summed E-state index contributed by atoms with van der Waals surface area (Å²) >= 11 is 1.63. The molecule has 4 saturated carbocycles. The van der Waals surface area contributed by atoms with E-state index in [2.05, 4.69) is 79.2 Å². The Labute approximate surface area is 627 Å². The molecule has 13 rings (SSSR count). The van der Waals surface area contributed by atoms with Crippen molar-refractivity contribution in [2.24, 2.45) is 27.9 Å². The van der Waals surface area contributed by atoms with Gasteiger partial charge in [0.25, 0.3) is 11.8 Å². The van der Waals surface area contributed by atoms with Gasteiger partial charge in [-0.3, -0.25) is 43.2 Å². The number of imide groups is 1. The number of rotatable bonds is 34. The number of amides is 8. The minimum Gasteiger partial charge on any atom is -0.481 e. The van der Waals surface area contributed by atoms with Crippen LogP contribution in [0.25, 0.3) is 21.3 Å². The van der Waals surface area contributed by atoms with E-state index in [4.69, 9.17) is 30.3 Å². The summed E-state index contributed by atoms with van der Waals surface area (Å²) < 4.78 is 16.2. The van der Waals surface area contributed by atoms with Gasteiger partial charge < -0.3 is 61.8 Å². The van der Waals surface area contributed by atoms with Crippen molar-refractivity contribution in [3.05, 3.63) is 131 Å². The van der Waals surface area contributed by atoms with Crippen molar-refractivity contribution in [1.29, 1.82) is 0 Å². The highest BCUT2D eigenvalue weighted by molar-refractivity contribution is 7.22. The van der Waals surface area contributed by atoms with E-state index in [1.807, 2.05) is 37.3 Å². The molecule has 4 aliphatic carbocycles. The Bertz CT molecular complexity index is 4270. The number of likely N-dealkylation sites (tertiary alicyclic amines) is 1. The van der Waals surface area contributed by atoms with Gasteiger partial charge in [-0.25, -0.2) is 24.4 Å². The summed E-state index contributed by atoms with van der Waals surface area (Å²) in [5, 5.41) is 41.0. The number of aliphatic carboxylic acids is 1. The summed E-state index contributed by atoms with van der Waals surface area (Å²) in [6, 6.07) is 22.3. The van der Waals surface area contributed by atoms with E-state index < -0.39 is 53.6 Å². The number of carbonyl (C=O) groups is 9. The zero-order valence-corrected chi connectivity index (χ0v) is 62.6. The number of nitrogens with two attached hydrogens (primary N) is 1. The normalized spacial score (nSPS) is 21.6. The van der Waals surface area contributed by atoms with Gasteiger partial charge in [-0.2, -0.15) is 5.10 Å². The molecular formula is C79H100N14O13S. The molecule has 27 nitrogen and oxygen atoms in total. The highest BCUT2D eigenvalue weighted by Gasteiger charge is 2.66. The minimum atomic E-state index is -1.10. The second-order valence-electron chi connectivity index (χ2n) is 31.3. The number of nitrogens with one attached hydrogen (secondary N) is 5. The molecule has 3 aromatic carbocycles. The summed E-state index contributed by atoms with van der Waals surface area (Å²) in [6.45, 7) is 15.3. The van der Waals surface area contributed by atoms with Crippen molar-refractivity contribution < 1.29 is 62.8 Å². The third-order valence-corrected chi connectivity index (χ3v) is 23.3. The first-order valence-electron chi connectivity index (χ1n) is 37.5. The number of hydrogen-bond acceptors (Lipinski definition) is 18. The van der Waals surface area contributed by atoms with Gasteiger partial charge in [-0.1, -0.05) is 87.9 Å². The van der Waals surface area contributed by atoms with Crippen LogP contribution in [0, 0.1) is 29.1 Å². The lowest BCUT2D eigenvalue weighted by Gasteiger charge is -2.69. The number of ether oxygens (including phenoxy) is 2. The maximum atomic E-state index is 13.8. The lowest BCUT2D eigenvalue weighted by molar-refractivity contribution is -0.249. The Balaban J connectivity index is 0.617. The monoisotopic (exact) mass is 1480 g/mol. The molecule has 4 atom stereocenters. The molecular weight excluding hydrogens is 1390 g/mol. The van der Waals surface area contributed by atoms with Gasteiger partial charge in [0.05, 0.1) is 35.0 Å². The van der Waals surface area contributed by atoms with Crippen LogP contribution in [-0.4, -0.2) is 174 Å². The lowest BCUT2D eigenvalue weighted by atomic mass is 9.39. The fraction of sp³-hybridized carbons (Fsp3) is 0.519. The van der Waals surface area contributed by atoms with Crippen molar-refractivity contribution in [2.75, 3.05) is 68.0 Å². The van der Waals surface area contributed by atoms with E-state index >= 15 is 0 Å². The molecule has 7 aliphatic rings. The number of nitrogens with zero attached hydrogens (tertiary/aromatic N) is 8. The predicted octanol–water partition coefficient (Wildman–Crippen LogP) is 9.95. The summed E-state index contributed by atoms with van der Waals surface area (Å²) in [4.78, 5) is 132. The van der Waals surface area contributed by atoms with Crippen LogP contribution in [-0.2, 0) is 70.9 Å². The average Bonchev–Trinajstić information content (AvgIpc) is 0.924. The average molecular weight is 1490 g/mol. The van der Waals surface area contributed by atoms with E-state index in [-0.39, 0.29) is 97.0 Å². The van der Waals surface area contributed by atoms with Gasteiger partial charge in [0, 0.05) is 113 Å². The third kappa shape index (κ3) is 18.8. The van der Waals surface area contributed by atoms with Crippen molar-refractivity contribution in [2.45, 2.75) is 187 Å². The predicted molar refractivity (Wildman–Crippen MR) is 404 cm³/mol. The number of anilines is 3. The first kappa shape index (κ1) is 76.8. The number of aromatic nitrogens is 4. The molecule has 3 aliphatic heterocycles. The molecule has 2 unspecified atom stereocenters. The zero-order valence-electron chi connectivity index (χ0n) is 61.8. The number of hydrogen-bond donors (Lipinski definition) is 8. The van der Waals surface area contributed by atoms with E-state index in [0.29, 0.717) is 114 Å². The van der Waals surface area contributed by atoms with Crippen LogP contribution in [0.5, 0.6) is 0 Å². The molecule has 3 aromatic heterocycles. The Kier molecular flexibility index (Phi) is 23.8. The summed E-state index contributed by atoms with van der Waals surface area (Å²) in [5.41, 5.74) is 12.6. The van der Waals surface area contributed by atoms with Crippen molar-refractivity contribution in [3.63, 3.8) is 0 Å². The largest absolute Gasteiger partial charge is 0.481 e. The van der Waals surface area contributed by atoms with Crippen LogP contribution in [0.3, 0.4) is 0 Å². The standard InChI is InChI=1S/C79H100N14O13S/c1-50(2)68(88-64(94)18-7-6-10-32-92-65(95)25-26-66(92)96)71(100)85-61(16-12-31-81-73(80)103)70(99)84-55-21-19-52(20-22-55)42-105-75(104)90-34-28-56(29-35-90)89(36-30-67(97)98)37-38-106-79-46-76(4)43-77(5,47-79)45-78(44-76,48-79)49-93-51(3)58(40-83-93)57-23-24-63(87-69(57)72(101)102)91-33-27-53-13-11-14-54(59(53)41-91)39-82-74-86-60-15-8-9-17-62(60)107-74/h8-9,11,13-15,17,19-26,40,50,56,61,68H,6-7,10,12,16,18,27-39,41-49H2,1-5H3,(H,82,86)(H,84,99)(H,85,100)(H,88,94)(H,97,98)(H,101,102)(H3,80,81,103)/t61-,68-,76?,77?,78?,79?/m0/s1. The minimum absolute atomic E-state index is 0.00480. The lowest BCUT2D eigenvalue weighted by Crippen LogP contribution is -2.64. The Morgan fingerprint density at radius 1 is 0.785 bits per heavy atom. The van der Waals surface area contributed by atoms with Gasteiger partial charge in [-0.05, 0) is 171 Å². The number of aromatic carboxylic acids is 1. The van der Waals surface area contributed by atoms with E-state index in [1.165, 1.54) is 23.3 Å². The van der Waals surface area contributed by atoms with E-state index in [1.54, 1.807) is 60.5 Å². The number of carboxylic acid groups (broad SMARTS) is 2. The number of thiazole rings is 1. The molecule has 6 aromatic rings. The molecule has 0 spiro atoms. The number of pyridine rings is 1. The first-order valence-corrected chi connectivity index (χ1v) is 38.3. The highest BCUT2D eigenvalue weighted by atomic mass is 32.1. The number of primary amides is 1. The molecule has 8 amide bonds. The molecule has 6 heterocycles. The molecule has 9 N–H and O–H groups in total. The second-order valence-corrected chi connectivity index (χ2v) is 32.4. The molecule has 28 heteroatoms. The number of carbonyl (C=O) groups excluding carboxylic acids is 7. The van der Waals surface area contributed by atoms with E-state index in [9.17, 15) is 53.4 Å². The van der Waals surface area contributed by atoms with Gasteiger partial charge in [-0.15, -0.1) is 0 Å². The summed E-state index contributed by atoms with van der Waals surface area (Å²) in [5.74, 6) is -3.93. The van der Waals surface area contributed by atoms with Crippen LogP contribution >= 0.6 is 11.3 Å². The van der Waals surface area contributed by atoms with Gasteiger partial charge >= 0.3 is 24.1 Å². The maximum Gasteiger partial charge on any atom is 0.410 e. The van der Waals surface area contributed by atoms with Crippen LogP contribution in [0.4, 0.5) is 26.2 Å². The molecule has 107 heavy (non-hydrogen) atoms. The molecule has 1 saturated heterocycles. The molecule has 5 fully saturated rings. The zero-order chi connectivity index (χ0) is 75.8. The highest BCUT2D eigenvalue weighted by Crippen LogP contribution is 2.72. The number of fused-ring (bicyclic) bond motifs is 2. The van der Waals surface area contributed by atoms with Gasteiger partial charge in [0.15, 0.2) is 10.8 Å². The second kappa shape index (κ2) is 33.1. The first-order chi connectivity index (χ1) is 51.2. The van der Waals surface area contributed by atoms with Gasteiger partial charge in [0.2, 0.25) is 17.7 Å². The smallest absolute Gasteiger partial charge is 0.410 e.